The largest absolute Gasteiger partial charge is 0.340 e. The fourth-order valence-corrected chi connectivity index (χ4v) is 2.09. The lowest BCUT2D eigenvalue weighted by Gasteiger charge is -2.24. The first kappa shape index (κ1) is 10.9. The Bertz CT molecular complexity index is 434. The van der Waals surface area contributed by atoms with Gasteiger partial charge in [0.25, 0.3) is 0 Å². The Morgan fingerprint density at radius 2 is 2.31 bits per heavy atom. The van der Waals surface area contributed by atoms with E-state index >= 15 is 0 Å². The minimum absolute atomic E-state index is 0.0220. The Hall–Kier alpha value is -1.59. The minimum atomic E-state index is -0.321. The summed E-state index contributed by atoms with van der Waals surface area (Å²) in [5.41, 5.74) is -0.321. The van der Waals surface area contributed by atoms with Crippen LogP contribution >= 0.6 is 0 Å². The van der Waals surface area contributed by atoms with Crippen LogP contribution in [-0.4, -0.2) is 32.5 Å². The smallest absolute Gasteiger partial charge is 0.332 e. The van der Waals surface area contributed by atoms with Crippen LogP contribution in [0, 0.1) is 5.92 Å². The van der Waals surface area contributed by atoms with Crippen LogP contribution in [0.4, 0.5) is 0 Å². The van der Waals surface area contributed by atoms with Crippen LogP contribution in [0.5, 0.6) is 0 Å². The van der Waals surface area contributed by atoms with Crippen LogP contribution in [0.25, 0.3) is 0 Å². The van der Waals surface area contributed by atoms with Crippen LogP contribution in [0.3, 0.4) is 0 Å². The summed E-state index contributed by atoms with van der Waals surface area (Å²) in [4.78, 5) is 27.3. The van der Waals surface area contributed by atoms with Crippen molar-refractivity contribution in [2.45, 2.75) is 32.7 Å². The lowest BCUT2D eigenvalue weighted by atomic mass is 10.1. The maximum atomic E-state index is 11.9. The molecule has 1 aliphatic heterocycles. The van der Waals surface area contributed by atoms with Gasteiger partial charge < -0.3 is 4.90 Å². The zero-order valence-corrected chi connectivity index (χ0v) is 9.49. The van der Waals surface area contributed by atoms with Gasteiger partial charge in [-0.1, -0.05) is 13.8 Å². The fraction of sp³-hybridized carbons (Fsp3) is 0.700. The zero-order chi connectivity index (χ0) is 11.7. The van der Waals surface area contributed by atoms with Crippen LogP contribution in [0.15, 0.2) is 4.79 Å². The van der Waals surface area contributed by atoms with E-state index in [4.69, 9.17) is 0 Å². The Labute approximate surface area is 93.0 Å². The van der Waals surface area contributed by atoms with Crippen molar-refractivity contribution in [1.82, 2.24) is 20.1 Å². The highest BCUT2D eigenvalue weighted by atomic mass is 16.2. The Kier molecular flexibility index (Phi) is 2.80. The van der Waals surface area contributed by atoms with E-state index in [0.717, 1.165) is 19.4 Å². The highest BCUT2D eigenvalue weighted by molar-refractivity contribution is 5.78. The Balaban J connectivity index is 2.21. The molecule has 1 atom stereocenters. The summed E-state index contributed by atoms with van der Waals surface area (Å²) in [6.07, 6.45) is 1.82. The highest BCUT2D eigenvalue weighted by Gasteiger charge is 2.32. The molecule has 1 unspecified atom stereocenters. The third-order valence-electron chi connectivity index (χ3n) is 2.86. The van der Waals surface area contributed by atoms with Crippen molar-refractivity contribution in [1.29, 1.82) is 0 Å². The SMILES string of the molecule is CC(C)C(=O)N1CCCC1c1n[nH]c(=O)[nH]1. The Morgan fingerprint density at radius 1 is 1.56 bits per heavy atom. The predicted molar refractivity (Wildman–Crippen MR) is 57.7 cm³/mol. The van der Waals surface area contributed by atoms with Gasteiger partial charge in [-0.2, -0.15) is 5.10 Å². The highest BCUT2D eigenvalue weighted by Crippen LogP contribution is 2.30. The monoisotopic (exact) mass is 224 g/mol. The summed E-state index contributed by atoms with van der Waals surface area (Å²) in [7, 11) is 0. The van der Waals surface area contributed by atoms with Gasteiger partial charge in [-0.05, 0) is 12.8 Å². The van der Waals surface area contributed by atoms with E-state index in [9.17, 15) is 9.59 Å². The third kappa shape index (κ3) is 1.87. The fourth-order valence-electron chi connectivity index (χ4n) is 2.09. The second kappa shape index (κ2) is 4.11. The van der Waals surface area contributed by atoms with Gasteiger partial charge >= 0.3 is 5.69 Å². The third-order valence-corrected chi connectivity index (χ3v) is 2.86. The van der Waals surface area contributed by atoms with Crippen LogP contribution in [0.1, 0.15) is 38.6 Å². The van der Waals surface area contributed by atoms with E-state index in [1.165, 1.54) is 0 Å². The van der Waals surface area contributed by atoms with Gasteiger partial charge in [-0.3, -0.25) is 9.78 Å². The molecule has 1 fully saturated rings. The Morgan fingerprint density at radius 3 is 2.88 bits per heavy atom. The molecule has 0 aromatic carbocycles. The number of H-pyrrole nitrogens is 2. The second-order valence-electron chi connectivity index (χ2n) is 4.41. The predicted octanol–water partition coefficient (Wildman–Crippen LogP) is 0.418. The molecule has 0 aliphatic carbocycles. The van der Waals surface area contributed by atoms with Gasteiger partial charge in [0, 0.05) is 12.5 Å². The molecule has 0 radical (unpaired) electrons. The number of hydrogen-bond acceptors (Lipinski definition) is 3. The second-order valence-corrected chi connectivity index (χ2v) is 4.41. The van der Waals surface area contributed by atoms with Crippen LogP contribution < -0.4 is 5.69 Å². The van der Waals surface area contributed by atoms with Gasteiger partial charge in [0.15, 0.2) is 5.82 Å². The van der Waals surface area contributed by atoms with E-state index in [1.54, 1.807) is 4.90 Å². The number of hydrogen-bond donors (Lipinski definition) is 2. The summed E-state index contributed by atoms with van der Waals surface area (Å²) < 4.78 is 0. The van der Waals surface area contributed by atoms with Gasteiger partial charge in [0.2, 0.25) is 5.91 Å². The molecule has 2 rings (SSSR count). The molecule has 1 aromatic rings. The molecule has 1 aliphatic rings. The van der Waals surface area contributed by atoms with Crippen molar-refractivity contribution in [3.05, 3.63) is 16.3 Å². The van der Waals surface area contributed by atoms with Crippen molar-refractivity contribution < 1.29 is 4.79 Å². The van der Waals surface area contributed by atoms with Gasteiger partial charge in [0.1, 0.15) is 0 Å². The molecule has 2 N–H and O–H groups in total. The molecule has 0 bridgehead atoms. The molecule has 0 spiro atoms. The number of aromatic nitrogens is 3. The first-order chi connectivity index (χ1) is 7.59. The number of aromatic amines is 2. The first-order valence-electron chi connectivity index (χ1n) is 5.54. The number of carbonyl (C=O) groups is 1. The van der Waals surface area contributed by atoms with Crippen molar-refractivity contribution in [2.75, 3.05) is 6.54 Å². The van der Waals surface area contributed by atoms with E-state index < -0.39 is 0 Å². The number of likely N-dealkylation sites (tertiary alicyclic amines) is 1. The number of carbonyl (C=O) groups excluding carboxylic acids is 1. The standard InChI is InChI=1S/C10H16N4O2/c1-6(2)9(15)14-5-3-4-7(14)8-11-10(16)13-12-8/h6-7H,3-5H2,1-2H3,(H2,11,12,13,16). The summed E-state index contributed by atoms with van der Waals surface area (Å²) >= 11 is 0. The summed E-state index contributed by atoms with van der Waals surface area (Å²) in [5, 5.41) is 6.24. The summed E-state index contributed by atoms with van der Waals surface area (Å²) in [6, 6.07) is -0.0751. The van der Waals surface area contributed by atoms with E-state index in [1.807, 2.05) is 13.8 Å². The number of nitrogens with zero attached hydrogens (tertiary/aromatic N) is 2. The van der Waals surface area contributed by atoms with Crippen molar-refractivity contribution in [3.8, 4) is 0 Å². The van der Waals surface area contributed by atoms with E-state index in [-0.39, 0.29) is 23.6 Å². The maximum absolute atomic E-state index is 11.9. The number of nitrogens with one attached hydrogen (secondary N) is 2. The average Bonchev–Trinajstić information content (AvgIpc) is 2.83. The molecule has 16 heavy (non-hydrogen) atoms. The summed E-state index contributed by atoms with van der Waals surface area (Å²) in [6.45, 7) is 4.51. The summed E-state index contributed by atoms with van der Waals surface area (Å²) in [5.74, 6) is 0.661. The van der Waals surface area contributed by atoms with Gasteiger partial charge in [-0.25, -0.2) is 9.89 Å². The van der Waals surface area contributed by atoms with Crippen LogP contribution in [-0.2, 0) is 4.79 Å². The first-order valence-corrected chi connectivity index (χ1v) is 5.54. The van der Waals surface area contributed by atoms with Crippen molar-refractivity contribution in [2.24, 2.45) is 5.92 Å². The van der Waals surface area contributed by atoms with Crippen molar-refractivity contribution in [3.63, 3.8) is 0 Å². The van der Waals surface area contributed by atoms with Crippen molar-refractivity contribution >= 4 is 5.91 Å². The maximum Gasteiger partial charge on any atom is 0.340 e. The molecule has 0 saturated carbocycles. The molecular formula is C10H16N4O2. The number of rotatable bonds is 2. The van der Waals surface area contributed by atoms with E-state index in [0.29, 0.717) is 5.82 Å². The normalized spacial score (nSPS) is 20.7. The molecule has 6 nitrogen and oxygen atoms in total. The minimum Gasteiger partial charge on any atom is -0.332 e. The molecule has 2 heterocycles. The topological polar surface area (TPSA) is 81.8 Å². The van der Waals surface area contributed by atoms with E-state index in [2.05, 4.69) is 15.2 Å². The molecule has 6 heteroatoms. The zero-order valence-electron chi connectivity index (χ0n) is 9.49. The van der Waals surface area contributed by atoms with Crippen LogP contribution in [0.2, 0.25) is 0 Å². The lowest BCUT2D eigenvalue weighted by Crippen LogP contribution is -2.34. The molecular weight excluding hydrogens is 208 g/mol. The average molecular weight is 224 g/mol. The molecule has 88 valence electrons. The molecule has 1 aromatic heterocycles. The molecule has 1 saturated heterocycles. The molecule has 1 amide bonds. The lowest BCUT2D eigenvalue weighted by molar-refractivity contribution is -0.135. The quantitative estimate of drug-likeness (QED) is 0.763. The number of amides is 1. The van der Waals surface area contributed by atoms with Gasteiger partial charge in [-0.15, -0.1) is 0 Å². The van der Waals surface area contributed by atoms with Gasteiger partial charge in [0.05, 0.1) is 6.04 Å².